The van der Waals surface area contributed by atoms with Crippen LogP contribution in [0.3, 0.4) is 0 Å². The number of pyridine rings is 1. The Balaban J connectivity index is 1.44. The van der Waals surface area contributed by atoms with Crippen LogP contribution in [-0.4, -0.2) is 48.0 Å². The van der Waals surface area contributed by atoms with Crippen LogP contribution in [0.1, 0.15) is 51.7 Å². The average Bonchev–Trinajstić information content (AvgIpc) is 3.16. The van der Waals surface area contributed by atoms with Gasteiger partial charge in [0.05, 0.1) is 11.7 Å². The van der Waals surface area contributed by atoms with Crippen LogP contribution >= 0.6 is 0 Å². The van der Waals surface area contributed by atoms with Gasteiger partial charge in [0.1, 0.15) is 22.9 Å². The first-order valence-electron chi connectivity index (χ1n) is 12.8. The van der Waals surface area contributed by atoms with Crippen LogP contribution in [0.2, 0.25) is 0 Å². The van der Waals surface area contributed by atoms with Crippen LogP contribution in [0.5, 0.6) is 0 Å². The van der Waals surface area contributed by atoms with Gasteiger partial charge in [0, 0.05) is 48.4 Å². The number of aryl methyl sites for hydroxylation is 1. The topological polar surface area (TPSA) is 97.8 Å². The number of nitrogens with zero attached hydrogens (tertiary/aromatic N) is 6. The maximum Gasteiger partial charge on any atom is 0.229 e. The molecule has 3 aromatic heterocycles. The van der Waals surface area contributed by atoms with Crippen molar-refractivity contribution in [2.24, 2.45) is 5.73 Å². The number of imidazole rings is 1. The summed E-state index contributed by atoms with van der Waals surface area (Å²) in [6.07, 6.45) is 1.89. The monoisotopic (exact) mass is 520 g/mol. The first-order valence-corrected chi connectivity index (χ1v) is 12.8. The van der Waals surface area contributed by atoms with Gasteiger partial charge in [0.15, 0.2) is 11.6 Å². The van der Waals surface area contributed by atoms with Gasteiger partial charge in [-0.1, -0.05) is 6.07 Å². The fourth-order valence-corrected chi connectivity index (χ4v) is 5.24. The summed E-state index contributed by atoms with van der Waals surface area (Å²) in [6.45, 7) is 14.4. The minimum Gasteiger partial charge on any atom is -0.324 e. The maximum absolute atomic E-state index is 15.1. The molecule has 38 heavy (non-hydrogen) atoms. The van der Waals surface area contributed by atoms with Gasteiger partial charge in [0.2, 0.25) is 5.95 Å². The highest BCUT2D eigenvalue weighted by molar-refractivity contribution is 5.83. The maximum atomic E-state index is 15.1. The van der Waals surface area contributed by atoms with Crippen LogP contribution in [-0.2, 0) is 18.5 Å². The molecule has 4 heterocycles. The molecule has 0 bridgehead atoms. The lowest BCUT2D eigenvalue weighted by Crippen LogP contribution is -2.46. The highest BCUT2D eigenvalue weighted by Gasteiger charge is 2.24. The first kappa shape index (κ1) is 26.1. The highest BCUT2D eigenvalue weighted by atomic mass is 19.1. The molecule has 3 N–H and O–H groups in total. The molecule has 200 valence electrons. The number of nitrogens with one attached hydrogen (secondary N) is 1. The number of hydrogen-bond acceptors (Lipinski definition) is 7. The molecular weight excluding hydrogens is 486 g/mol. The third-order valence-electron chi connectivity index (χ3n) is 6.57. The first-order chi connectivity index (χ1) is 17.8. The van der Waals surface area contributed by atoms with Gasteiger partial charge in [-0.2, -0.15) is 0 Å². The fraction of sp³-hybridized carbons (Fsp3) is 0.429. The summed E-state index contributed by atoms with van der Waals surface area (Å²) in [5, 5.41) is 3.09. The van der Waals surface area contributed by atoms with E-state index in [0.717, 1.165) is 43.5 Å². The predicted octanol–water partition coefficient (Wildman–Crippen LogP) is 5.07. The van der Waals surface area contributed by atoms with Crippen molar-refractivity contribution in [3.8, 4) is 11.3 Å². The van der Waals surface area contributed by atoms with E-state index in [1.165, 1.54) is 6.07 Å². The van der Waals surface area contributed by atoms with Crippen molar-refractivity contribution in [2.75, 3.05) is 18.4 Å². The molecule has 0 saturated heterocycles. The normalized spacial score (nSPS) is 14.7. The minimum atomic E-state index is -0.644. The Labute approximate surface area is 221 Å². The SMILES string of the molecule is Cc1nc2c(F)cc(-c3nc(Nc4ccc5c(n4)CCN(CC(C)(C)N)C5)ncc3F)cc2n1C(C)(C)C. The Kier molecular flexibility index (Phi) is 6.43. The Morgan fingerprint density at radius 3 is 2.50 bits per heavy atom. The van der Waals surface area contributed by atoms with E-state index >= 15 is 4.39 Å². The Bertz CT molecular complexity index is 1510. The van der Waals surface area contributed by atoms with Crippen molar-refractivity contribution < 1.29 is 8.78 Å². The molecule has 1 aliphatic rings. The molecule has 0 fully saturated rings. The molecule has 5 rings (SSSR count). The summed E-state index contributed by atoms with van der Waals surface area (Å²) in [7, 11) is 0. The van der Waals surface area contributed by atoms with Gasteiger partial charge < -0.3 is 15.6 Å². The molecule has 0 atom stereocenters. The third-order valence-corrected chi connectivity index (χ3v) is 6.57. The molecular formula is C28H34F2N8. The Hall–Kier alpha value is -3.50. The Morgan fingerprint density at radius 2 is 1.79 bits per heavy atom. The number of rotatable bonds is 5. The molecule has 1 aliphatic heterocycles. The van der Waals surface area contributed by atoms with E-state index < -0.39 is 11.6 Å². The zero-order valence-corrected chi connectivity index (χ0v) is 22.7. The van der Waals surface area contributed by atoms with E-state index in [2.05, 4.69) is 25.2 Å². The quantitative estimate of drug-likeness (QED) is 0.379. The van der Waals surface area contributed by atoms with E-state index in [9.17, 15) is 4.39 Å². The fourth-order valence-electron chi connectivity index (χ4n) is 5.24. The van der Waals surface area contributed by atoms with Gasteiger partial charge in [0.25, 0.3) is 0 Å². The number of nitrogens with two attached hydrogens (primary N) is 1. The van der Waals surface area contributed by atoms with E-state index in [1.54, 1.807) is 6.07 Å². The van der Waals surface area contributed by atoms with Crippen molar-refractivity contribution in [1.29, 1.82) is 0 Å². The summed E-state index contributed by atoms with van der Waals surface area (Å²) in [6, 6.07) is 6.88. The van der Waals surface area contributed by atoms with E-state index in [1.807, 2.05) is 58.2 Å². The van der Waals surface area contributed by atoms with Crippen LogP contribution in [0, 0.1) is 18.6 Å². The van der Waals surface area contributed by atoms with Crippen molar-refractivity contribution in [3.63, 3.8) is 0 Å². The third kappa shape index (κ3) is 5.23. The second-order valence-electron chi connectivity index (χ2n) is 11.8. The molecule has 1 aromatic carbocycles. The van der Waals surface area contributed by atoms with Crippen molar-refractivity contribution >= 4 is 22.8 Å². The second-order valence-corrected chi connectivity index (χ2v) is 11.8. The number of benzene rings is 1. The molecule has 0 unspecified atom stereocenters. The van der Waals surface area contributed by atoms with E-state index in [0.29, 0.717) is 22.7 Å². The molecule has 0 amide bonds. The molecule has 10 heteroatoms. The van der Waals surface area contributed by atoms with Crippen LogP contribution < -0.4 is 11.1 Å². The lowest BCUT2D eigenvalue weighted by Gasteiger charge is -2.33. The predicted molar refractivity (Wildman–Crippen MR) is 145 cm³/mol. The van der Waals surface area contributed by atoms with Gasteiger partial charge in [-0.3, -0.25) is 4.90 Å². The van der Waals surface area contributed by atoms with Crippen LogP contribution in [0.4, 0.5) is 20.5 Å². The van der Waals surface area contributed by atoms with Gasteiger partial charge in [-0.25, -0.2) is 28.7 Å². The summed E-state index contributed by atoms with van der Waals surface area (Å²) in [4.78, 5) is 20.0. The standard InChI is InChI=1S/C28H34F2N8/c1-16-33-25-19(29)11-18(12-22(25)38(16)27(2,3)4)24-20(30)13-32-26(36-24)35-23-8-7-17-14-37(15-28(5,6)31)10-9-21(17)34-23/h7-8,11-13H,9-10,14-15,31H2,1-6H3,(H,32,34,35,36). The zero-order chi connectivity index (χ0) is 27.4. The molecule has 0 saturated carbocycles. The summed E-state index contributed by atoms with van der Waals surface area (Å²) in [5.74, 6) is 0.255. The van der Waals surface area contributed by atoms with E-state index in [-0.39, 0.29) is 28.2 Å². The molecule has 4 aromatic rings. The summed E-state index contributed by atoms with van der Waals surface area (Å²) < 4.78 is 32.0. The number of fused-ring (bicyclic) bond motifs is 2. The smallest absolute Gasteiger partial charge is 0.229 e. The lowest BCUT2D eigenvalue weighted by atomic mass is 10.0. The lowest BCUT2D eigenvalue weighted by molar-refractivity contribution is 0.208. The molecule has 8 nitrogen and oxygen atoms in total. The average molecular weight is 521 g/mol. The molecule has 0 radical (unpaired) electrons. The number of halogens is 2. The number of hydrogen-bond donors (Lipinski definition) is 2. The van der Waals surface area contributed by atoms with Crippen molar-refractivity contribution in [1.82, 2.24) is 29.4 Å². The highest BCUT2D eigenvalue weighted by Crippen LogP contribution is 2.32. The zero-order valence-electron chi connectivity index (χ0n) is 22.7. The molecule has 0 aliphatic carbocycles. The molecule has 0 spiro atoms. The number of anilines is 2. The number of aromatic nitrogens is 5. The van der Waals surface area contributed by atoms with Crippen molar-refractivity contribution in [2.45, 2.75) is 65.6 Å². The van der Waals surface area contributed by atoms with Crippen LogP contribution in [0.15, 0.2) is 30.5 Å². The van der Waals surface area contributed by atoms with Gasteiger partial charge in [-0.15, -0.1) is 0 Å². The largest absolute Gasteiger partial charge is 0.324 e. The van der Waals surface area contributed by atoms with E-state index in [4.69, 9.17) is 10.7 Å². The minimum absolute atomic E-state index is 0.000568. The van der Waals surface area contributed by atoms with Crippen LogP contribution in [0.25, 0.3) is 22.3 Å². The Morgan fingerprint density at radius 1 is 1.03 bits per heavy atom. The van der Waals surface area contributed by atoms with Gasteiger partial charge in [-0.05, 0) is 65.3 Å². The summed E-state index contributed by atoms with van der Waals surface area (Å²) >= 11 is 0. The van der Waals surface area contributed by atoms with Crippen molar-refractivity contribution in [3.05, 3.63) is 59.2 Å². The second kappa shape index (κ2) is 9.36. The summed E-state index contributed by atoms with van der Waals surface area (Å²) in [5.41, 5.74) is 8.89. The van der Waals surface area contributed by atoms with Gasteiger partial charge >= 0.3 is 0 Å².